The van der Waals surface area contributed by atoms with Crippen LogP contribution in [0.15, 0.2) is 42.5 Å². The van der Waals surface area contributed by atoms with E-state index < -0.39 is 5.97 Å². The first-order chi connectivity index (χ1) is 13.0. The summed E-state index contributed by atoms with van der Waals surface area (Å²) in [6, 6.07) is 13.3. The topological polar surface area (TPSA) is 80.7 Å². The van der Waals surface area contributed by atoms with Crippen LogP contribution >= 0.6 is 33.9 Å². The minimum Gasteiger partial charge on any atom is -0.497 e. The number of nitrogens with zero attached hydrogens (tertiary/aromatic N) is 1. The average Bonchev–Trinajstić information content (AvgIpc) is 3.04. The van der Waals surface area contributed by atoms with Crippen LogP contribution in [0.2, 0.25) is 0 Å². The second-order valence-corrected chi connectivity index (χ2v) is 7.89. The lowest BCUT2D eigenvalue weighted by Gasteiger charge is -2.09. The minimum atomic E-state index is -0.909. The molecular weight excluding hydrogens is 479 g/mol. The highest BCUT2D eigenvalue weighted by Gasteiger charge is 2.19. The Balaban J connectivity index is 2.02. The van der Waals surface area contributed by atoms with Crippen molar-refractivity contribution in [3.8, 4) is 22.8 Å². The fourth-order valence-electron chi connectivity index (χ4n) is 2.52. The van der Waals surface area contributed by atoms with Crippen LogP contribution in [-0.2, 0) is 11.2 Å². The Bertz CT molecular complexity index is 957. The van der Waals surface area contributed by atoms with E-state index >= 15 is 0 Å². The fraction of sp³-hybridized carbons (Fsp3) is 0.158. The summed E-state index contributed by atoms with van der Waals surface area (Å²) < 4.78 is 11.8. The van der Waals surface area contributed by atoms with Crippen molar-refractivity contribution in [3.63, 3.8) is 0 Å². The SMILES string of the molecule is COc1ccc(-c2nc(Nc3ccc(I)cc3)sc2CC(=O)O)c(OC)c1. The number of thiazole rings is 1. The van der Waals surface area contributed by atoms with Crippen LogP contribution in [0.5, 0.6) is 11.5 Å². The maximum atomic E-state index is 11.3. The van der Waals surface area contributed by atoms with Crippen molar-refractivity contribution in [2.45, 2.75) is 6.42 Å². The lowest BCUT2D eigenvalue weighted by atomic mass is 10.1. The number of nitrogens with one attached hydrogen (secondary N) is 1. The molecule has 0 saturated heterocycles. The predicted octanol–water partition coefficient (Wildman–Crippen LogP) is 4.80. The highest BCUT2D eigenvalue weighted by atomic mass is 127. The lowest BCUT2D eigenvalue weighted by molar-refractivity contribution is -0.136. The molecule has 0 atom stereocenters. The van der Waals surface area contributed by atoms with Crippen LogP contribution in [0.4, 0.5) is 10.8 Å². The molecule has 0 aliphatic rings. The fourth-order valence-corrected chi connectivity index (χ4v) is 3.87. The quantitative estimate of drug-likeness (QED) is 0.458. The molecule has 3 rings (SSSR count). The van der Waals surface area contributed by atoms with Crippen LogP contribution < -0.4 is 14.8 Å². The van der Waals surface area contributed by atoms with E-state index in [-0.39, 0.29) is 6.42 Å². The number of methoxy groups -OCH3 is 2. The molecule has 140 valence electrons. The Labute approximate surface area is 174 Å². The molecule has 0 unspecified atom stereocenters. The molecule has 0 saturated carbocycles. The van der Waals surface area contributed by atoms with Crippen molar-refractivity contribution in [1.29, 1.82) is 0 Å². The Morgan fingerprint density at radius 3 is 2.56 bits per heavy atom. The van der Waals surface area contributed by atoms with Gasteiger partial charge in [-0.05, 0) is 59.0 Å². The minimum absolute atomic E-state index is 0.115. The molecule has 27 heavy (non-hydrogen) atoms. The zero-order valence-electron chi connectivity index (χ0n) is 14.7. The molecule has 0 amide bonds. The zero-order valence-corrected chi connectivity index (χ0v) is 17.6. The molecule has 0 bridgehead atoms. The lowest BCUT2D eigenvalue weighted by Crippen LogP contribution is -2.00. The molecule has 3 aromatic rings. The van der Waals surface area contributed by atoms with Gasteiger partial charge >= 0.3 is 5.97 Å². The van der Waals surface area contributed by atoms with Crippen molar-refractivity contribution in [2.75, 3.05) is 19.5 Å². The Hall–Kier alpha value is -2.33. The molecule has 0 radical (unpaired) electrons. The number of hydrogen-bond donors (Lipinski definition) is 2. The summed E-state index contributed by atoms with van der Waals surface area (Å²) in [5, 5.41) is 13.1. The summed E-state index contributed by atoms with van der Waals surface area (Å²) in [4.78, 5) is 16.6. The maximum absolute atomic E-state index is 11.3. The second-order valence-electron chi connectivity index (χ2n) is 5.56. The van der Waals surface area contributed by atoms with Crippen LogP contribution in [-0.4, -0.2) is 30.3 Å². The van der Waals surface area contributed by atoms with Gasteiger partial charge in [-0.2, -0.15) is 0 Å². The number of aromatic nitrogens is 1. The van der Waals surface area contributed by atoms with Gasteiger partial charge in [-0.1, -0.05) is 0 Å². The smallest absolute Gasteiger partial charge is 0.308 e. The molecule has 0 aliphatic carbocycles. The molecule has 0 spiro atoms. The molecule has 1 heterocycles. The number of ether oxygens (including phenoxy) is 2. The number of benzene rings is 2. The van der Waals surface area contributed by atoms with E-state index in [1.54, 1.807) is 26.4 Å². The largest absolute Gasteiger partial charge is 0.497 e. The first kappa shape index (κ1) is 19.4. The van der Waals surface area contributed by atoms with E-state index in [4.69, 9.17) is 9.47 Å². The number of anilines is 2. The molecule has 6 nitrogen and oxygen atoms in total. The van der Waals surface area contributed by atoms with Gasteiger partial charge in [-0.3, -0.25) is 4.79 Å². The van der Waals surface area contributed by atoms with Gasteiger partial charge in [0.25, 0.3) is 0 Å². The van der Waals surface area contributed by atoms with E-state index in [1.165, 1.54) is 11.3 Å². The van der Waals surface area contributed by atoms with Crippen LogP contribution in [0, 0.1) is 3.57 Å². The second kappa shape index (κ2) is 8.57. The highest BCUT2D eigenvalue weighted by Crippen LogP contribution is 2.39. The third-order valence-corrected chi connectivity index (χ3v) is 5.46. The van der Waals surface area contributed by atoms with E-state index in [0.717, 1.165) is 14.8 Å². The third kappa shape index (κ3) is 4.69. The van der Waals surface area contributed by atoms with Crippen LogP contribution in [0.3, 0.4) is 0 Å². The summed E-state index contributed by atoms with van der Waals surface area (Å²) in [6.45, 7) is 0. The maximum Gasteiger partial charge on any atom is 0.308 e. The normalized spacial score (nSPS) is 10.5. The van der Waals surface area contributed by atoms with E-state index in [2.05, 4.69) is 32.9 Å². The van der Waals surface area contributed by atoms with Crippen molar-refractivity contribution in [1.82, 2.24) is 4.98 Å². The van der Waals surface area contributed by atoms with Gasteiger partial charge in [0.05, 0.1) is 26.3 Å². The van der Waals surface area contributed by atoms with E-state index in [1.807, 2.05) is 30.3 Å². The van der Waals surface area contributed by atoms with Gasteiger partial charge in [-0.15, -0.1) is 11.3 Å². The number of carboxylic acid groups (broad SMARTS) is 1. The van der Waals surface area contributed by atoms with Crippen LogP contribution in [0.25, 0.3) is 11.3 Å². The summed E-state index contributed by atoms with van der Waals surface area (Å²) in [6.07, 6.45) is -0.115. The van der Waals surface area contributed by atoms with Gasteiger partial charge in [0, 0.05) is 25.8 Å². The summed E-state index contributed by atoms with van der Waals surface area (Å²) in [5.74, 6) is 0.322. The molecule has 2 N–H and O–H groups in total. The van der Waals surface area contributed by atoms with Gasteiger partial charge in [0.2, 0.25) is 0 Å². The zero-order chi connectivity index (χ0) is 19.4. The third-order valence-electron chi connectivity index (χ3n) is 3.77. The average molecular weight is 496 g/mol. The number of halogens is 1. The Morgan fingerprint density at radius 1 is 1.19 bits per heavy atom. The van der Waals surface area contributed by atoms with Gasteiger partial charge in [-0.25, -0.2) is 4.98 Å². The molecule has 0 fully saturated rings. The monoisotopic (exact) mass is 496 g/mol. The number of carboxylic acids is 1. The molecule has 8 heteroatoms. The van der Waals surface area contributed by atoms with Crippen LogP contribution in [0.1, 0.15) is 4.88 Å². The van der Waals surface area contributed by atoms with E-state index in [0.29, 0.717) is 27.2 Å². The predicted molar refractivity (Wildman–Crippen MR) is 114 cm³/mol. The number of hydrogen-bond acceptors (Lipinski definition) is 6. The summed E-state index contributed by atoms with van der Waals surface area (Å²) in [5.41, 5.74) is 2.20. The van der Waals surface area contributed by atoms with Gasteiger partial charge in [0.1, 0.15) is 11.5 Å². The van der Waals surface area contributed by atoms with Crippen molar-refractivity contribution in [2.24, 2.45) is 0 Å². The van der Waals surface area contributed by atoms with Crippen molar-refractivity contribution in [3.05, 3.63) is 50.9 Å². The number of aliphatic carboxylic acids is 1. The Morgan fingerprint density at radius 2 is 1.93 bits per heavy atom. The Kier molecular flexibility index (Phi) is 6.17. The first-order valence-electron chi connectivity index (χ1n) is 7.96. The van der Waals surface area contributed by atoms with Gasteiger partial charge in [0.15, 0.2) is 5.13 Å². The van der Waals surface area contributed by atoms with Gasteiger partial charge < -0.3 is 19.9 Å². The number of carbonyl (C=O) groups is 1. The number of rotatable bonds is 7. The summed E-state index contributed by atoms with van der Waals surface area (Å²) in [7, 11) is 3.14. The standard InChI is InChI=1S/C19H17IN2O4S/c1-25-13-7-8-14(15(9-13)26-2)18-16(10-17(23)24)27-19(22-18)21-12-5-3-11(20)4-6-12/h3-9H,10H2,1-2H3,(H,21,22)(H,23,24). The highest BCUT2D eigenvalue weighted by molar-refractivity contribution is 14.1. The van der Waals surface area contributed by atoms with E-state index in [9.17, 15) is 9.90 Å². The first-order valence-corrected chi connectivity index (χ1v) is 9.86. The summed E-state index contributed by atoms with van der Waals surface area (Å²) >= 11 is 3.56. The van der Waals surface area contributed by atoms with Crippen molar-refractivity contribution < 1.29 is 19.4 Å². The molecular formula is C19H17IN2O4S. The molecule has 1 aromatic heterocycles. The van der Waals surface area contributed by atoms with Crippen molar-refractivity contribution >= 4 is 50.7 Å². The molecule has 0 aliphatic heterocycles. The molecule has 2 aromatic carbocycles.